The Kier molecular flexibility index (Phi) is 7.24. The molecule has 1 saturated carbocycles. The van der Waals surface area contributed by atoms with Gasteiger partial charge in [-0.1, -0.05) is 44.9 Å². The van der Waals surface area contributed by atoms with Crippen molar-refractivity contribution in [1.82, 2.24) is 9.97 Å². The minimum absolute atomic E-state index is 0.0738. The number of rotatable bonds is 8. The van der Waals surface area contributed by atoms with Gasteiger partial charge in [0.1, 0.15) is 17.1 Å². The van der Waals surface area contributed by atoms with Crippen LogP contribution in [0.15, 0.2) is 54.7 Å². The Morgan fingerprint density at radius 2 is 1.71 bits per heavy atom. The van der Waals surface area contributed by atoms with Crippen LogP contribution in [0.1, 0.15) is 56.6 Å². The Bertz CT molecular complexity index is 1090. The fourth-order valence-electron chi connectivity index (χ4n) is 4.10. The van der Waals surface area contributed by atoms with E-state index in [4.69, 9.17) is 4.74 Å². The number of hydrogen-bond donors (Lipinski definition) is 2. The van der Waals surface area contributed by atoms with Gasteiger partial charge in [-0.2, -0.15) is 18.2 Å². The molecule has 180 valence electrons. The normalized spacial score (nSPS) is 14.4. The van der Waals surface area contributed by atoms with Crippen molar-refractivity contribution < 1.29 is 17.9 Å². The van der Waals surface area contributed by atoms with Gasteiger partial charge in [0.05, 0.1) is 6.61 Å². The third-order valence-electron chi connectivity index (χ3n) is 5.80. The zero-order valence-electron chi connectivity index (χ0n) is 19.3. The van der Waals surface area contributed by atoms with Crippen LogP contribution in [-0.2, 0) is 6.18 Å². The van der Waals surface area contributed by atoms with Crippen molar-refractivity contribution in [2.24, 2.45) is 5.92 Å². The van der Waals surface area contributed by atoms with Crippen LogP contribution in [0.3, 0.4) is 0 Å². The molecule has 0 saturated heterocycles. The zero-order chi connectivity index (χ0) is 24.1. The molecule has 0 bridgehead atoms. The predicted molar refractivity (Wildman–Crippen MR) is 128 cm³/mol. The Labute approximate surface area is 197 Å². The lowest BCUT2D eigenvalue weighted by Gasteiger charge is -2.19. The summed E-state index contributed by atoms with van der Waals surface area (Å²) < 4.78 is 46.9. The molecule has 1 fully saturated rings. The van der Waals surface area contributed by atoms with Gasteiger partial charge in [0.2, 0.25) is 5.95 Å². The van der Waals surface area contributed by atoms with Gasteiger partial charge in [0.25, 0.3) is 0 Å². The van der Waals surface area contributed by atoms with E-state index in [9.17, 15) is 13.2 Å². The largest absolute Gasteiger partial charge is 0.493 e. The SMILES string of the molecule is CC(C)COc1ccc(Nc2ncc(C(F)(F)F)c(Nc3ccccc3C3CCCC3)n2)cc1. The highest BCUT2D eigenvalue weighted by Gasteiger charge is 2.35. The van der Waals surface area contributed by atoms with Gasteiger partial charge in [0, 0.05) is 17.6 Å². The van der Waals surface area contributed by atoms with Gasteiger partial charge < -0.3 is 15.4 Å². The first-order valence-corrected chi connectivity index (χ1v) is 11.6. The fourth-order valence-corrected chi connectivity index (χ4v) is 4.10. The quantitative estimate of drug-likeness (QED) is 0.354. The summed E-state index contributed by atoms with van der Waals surface area (Å²) >= 11 is 0. The highest BCUT2D eigenvalue weighted by Crippen LogP contribution is 2.40. The maximum Gasteiger partial charge on any atom is 0.421 e. The molecule has 1 heterocycles. The first-order valence-electron chi connectivity index (χ1n) is 11.6. The molecule has 0 amide bonds. The molecule has 0 spiro atoms. The maximum absolute atomic E-state index is 13.7. The molecule has 1 aliphatic rings. The molecular weight excluding hydrogens is 441 g/mol. The summed E-state index contributed by atoms with van der Waals surface area (Å²) in [6.07, 6.45) is 0.580. The lowest BCUT2D eigenvalue weighted by atomic mass is 9.96. The molecule has 3 aromatic rings. The molecule has 0 radical (unpaired) electrons. The first-order chi connectivity index (χ1) is 16.3. The zero-order valence-corrected chi connectivity index (χ0v) is 19.3. The smallest absolute Gasteiger partial charge is 0.421 e. The summed E-state index contributed by atoms with van der Waals surface area (Å²) in [5.74, 6) is 1.27. The Balaban J connectivity index is 1.58. The molecule has 0 unspecified atom stereocenters. The average Bonchev–Trinajstić information content (AvgIpc) is 3.33. The standard InChI is InChI=1S/C26H29F3N4O/c1-17(2)16-34-20-13-11-19(12-14-20)31-25-30-15-22(26(27,28)29)24(33-25)32-23-10-6-5-9-21(23)18-7-3-4-8-18/h5-6,9-15,17-18H,3-4,7-8,16H2,1-2H3,(H2,30,31,32,33). The Morgan fingerprint density at radius 3 is 2.38 bits per heavy atom. The van der Waals surface area contributed by atoms with Crippen LogP contribution in [-0.4, -0.2) is 16.6 Å². The summed E-state index contributed by atoms with van der Waals surface area (Å²) in [6.45, 7) is 4.73. The van der Waals surface area contributed by atoms with Gasteiger partial charge in [0.15, 0.2) is 0 Å². The van der Waals surface area contributed by atoms with Crippen molar-refractivity contribution in [3.05, 3.63) is 65.9 Å². The highest BCUT2D eigenvalue weighted by atomic mass is 19.4. The van der Waals surface area contributed by atoms with Crippen LogP contribution >= 0.6 is 0 Å². The molecule has 8 heteroatoms. The lowest BCUT2D eigenvalue weighted by Crippen LogP contribution is -2.13. The second-order valence-corrected chi connectivity index (χ2v) is 9.00. The minimum Gasteiger partial charge on any atom is -0.493 e. The molecule has 2 N–H and O–H groups in total. The van der Waals surface area contributed by atoms with Crippen LogP contribution < -0.4 is 15.4 Å². The number of alkyl halides is 3. The van der Waals surface area contributed by atoms with Crippen molar-refractivity contribution in [2.75, 3.05) is 17.2 Å². The second-order valence-electron chi connectivity index (χ2n) is 9.00. The van der Waals surface area contributed by atoms with E-state index in [1.54, 1.807) is 30.3 Å². The molecule has 4 rings (SSSR count). The van der Waals surface area contributed by atoms with E-state index in [2.05, 4.69) is 34.4 Å². The van der Waals surface area contributed by atoms with E-state index in [0.717, 1.165) is 43.2 Å². The summed E-state index contributed by atoms with van der Waals surface area (Å²) in [6, 6.07) is 14.7. The van der Waals surface area contributed by atoms with Crippen LogP contribution in [0, 0.1) is 5.92 Å². The number of halogens is 3. The third kappa shape index (κ3) is 5.98. The average molecular weight is 471 g/mol. The van der Waals surface area contributed by atoms with Gasteiger partial charge >= 0.3 is 6.18 Å². The first kappa shape index (κ1) is 23.9. The molecule has 2 aromatic carbocycles. The molecule has 0 atom stereocenters. The van der Waals surface area contributed by atoms with Crippen molar-refractivity contribution in [2.45, 2.75) is 51.6 Å². The van der Waals surface area contributed by atoms with Crippen LogP contribution in [0.25, 0.3) is 0 Å². The van der Waals surface area contributed by atoms with Gasteiger partial charge in [-0.25, -0.2) is 4.98 Å². The third-order valence-corrected chi connectivity index (χ3v) is 5.80. The molecule has 0 aliphatic heterocycles. The van der Waals surface area contributed by atoms with Crippen molar-refractivity contribution in [3.8, 4) is 5.75 Å². The number of nitrogens with zero attached hydrogens (tertiary/aromatic N) is 2. The lowest BCUT2D eigenvalue weighted by molar-refractivity contribution is -0.137. The van der Waals surface area contributed by atoms with Gasteiger partial charge in [-0.15, -0.1) is 0 Å². The minimum atomic E-state index is -4.58. The molecule has 34 heavy (non-hydrogen) atoms. The highest BCUT2D eigenvalue weighted by molar-refractivity contribution is 5.66. The van der Waals surface area contributed by atoms with E-state index < -0.39 is 11.7 Å². The van der Waals surface area contributed by atoms with E-state index in [1.807, 2.05) is 18.2 Å². The van der Waals surface area contributed by atoms with Crippen molar-refractivity contribution >= 4 is 23.1 Å². The summed E-state index contributed by atoms with van der Waals surface area (Å²) in [7, 11) is 0. The van der Waals surface area contributed by atoms with Crippen LogP contribution in [0.2, 0.25) is 0 Å². The summed E-state index contributed by atoms with van der Waals surface area (Å²) in [4.78, 5) is 8.11. The Hall–Kier alpha value is -3.29. The second kappa shape index (κ2) is 10.3. The van der Waals surface area contributed by atoms with Gasteiger partial charge in [-0.3, -0.25) is 0 Å². The molecule has 1 aromatic heterocycles. The number of benzene rings is 2. The van der Waals surface area contributed by atoms with E-state index in [0.29, 0.717) is 29.8 Å². The monoisotopic (exact) mass is 470 g/mol. The Morgan fingerprint density at radius 1 is 1.00 bits per heavy atom. The number of para-hydroxylation sites is 1. The van der Waals surface area contributed by atoms with E-state index in [-0.39, 0.29) is 11.8 Å². The van der Waals surface area contributed by atoms with Crippen molar-refractivity contribution in [1.29, 1.82) is 0 Å². The number of hydrogen-bond acceptors (Lipinski definition) is 5. The number of nitrogens with one attached hydrogen (secondary N) is 2. The fraction of sp³-hybridized carbons (Fsp3) is 0.385. The molecule has 1 aliphatic carbocycles. The number of aromatic nitrogens is 2. The van der Waals surface area contributed by atoms with E-state index in [1.165, 1.54) is 0 Å². The summed E-state index contributed by atoms with van der Waals surface area (Å²) in [5.41, 5.74) is 1.42. The number of anilines is 4. The van der Waals surface area contributed by atoms with Crippen molar-refractivity contribution in [3.63, 3.8) is 0 Å². The van der Waals surface area contributed by atoms with Crippen LogP contribution in [0.4, 0.5) is 36.3 Å². The number of ether oxygens (including phenoxy) is 1. The molecule has 5 nitrogen and oxygen atoms in total. The topological polar surface area (TPSA) is 59.1 Å². The molecular formula is C26H29F3N4O. The van der Waals surface area contributed by atoms with Crippen LogP contribution in [0.5, 0.6) is 5.75 Å². The van der Waals surface area contributed by atoms with Gasteiger partial charge in [-0.05, 0) is 60.6 Å². The predicted octanol–water partition coefficient (Wildman–Crippen LogP) is 7.68. The maximum atomic E-state index is 13.7. The summed E-state index contributed by atoms with van der Waals surface area (Å²) in [5, 5.41) is 5.94. The van der Waals surface area contributed by atoms with E-state index >= 15 is 0 Å².